The van der Waals surface area contributed by atoms with E-state index in [1.54, 1.807) is 0 Å². The topological polar surface area (TPSA) is 3.24 Å². The molecule has 76 valence electrons. The number of benzene rings is 1. The van der Waals surface area contributed by atoms with Crippen molar-refractivity contribution < 1.29 is 0 Å². The number of hydrogen-bond donors (Lipinski definition) is 0. The molecular formula is C12H16BrN. The average molecular weight is 254 g/mol. The first-order valence-corrected chi connectivity index (χ1v) is 6.39. The number of halogens is 1. The van der Waals surface area contributed by atoms with E-state index in [4.69, 9.17) is 0 Å². The van der Waals surface area contributed by atoms with E-state index >= 15 is 0 Å². The summed E-state index contributed by atoms with van der Waals surface area (Å²) in [4.78, 5) is 2.57. The lowest BCUT2D eigenvalue weighted by Crippen LogP contribution is -2.25. The smallest absolute Gasteiger partial charge is 0.0348 e. The van der Waals surface area contributed by atoms with Crippen LogP contribution in [0.1, 0.15) is 24.4 Å². The summed E-state index contributed by atoms with van der Waals surface area (Å²) in [5.41, 5.74) is 1.48. The van der Waals surface area contributed by atoms with E-state index in [9.17, 15) is 0 Å². The quantitative estimate of drug-likeness (QED) is 0.748. The molecule has 0 aromatic heterocycles. The molecule has 1 nitrogen and oxygen atoms in total. The first-order chi connectivity index (χ1) is 6.92. The molecule has 0 bridgehead atoms. The molecule has 1 heterocycles. The Morgan fingerprint density at radius 3 is 2.79 bits per heavy atom. The van der Waals surface area contributed by atoms with E-state index < -0.39 is 0 Å². The van der Waals surface area contributed by atoms with Crippen molar-refractivity contribution in [3.63, 3.8) is 0 Å². The van der Waals surface area contributed by atoms with Crippen molar-refractivity contribution in [2.24, 2.45) is 0 Å². The number of rotatable bonds is 3. The fraction of sp³-hybridized carbons (Fsp3) is 0.500. The molecule has 0 N–H and O–H groups in total. The molecule has 0 radical (unpaired) electrons. The van der Waals surface area contributed by atoms with Gasteiger partial charge in [0.05, 0.1) is 0 Å². The third-order valence-electron chi connectivity index (χ3n) is 2.92. The zero-order valence-electron chi connectivity index (χ0n) is 8.32. The normalized spacial score (nSPS) is 22.8. The Bertz CT molecular complexity index is 273. The Hall–Kier alpha value is -0.340. The summed E-state index contributed by atoms with van der Waals surface area (Å²) < 4.78 is 0. The van der Waals surface area contributed by atoms with Crippen LogP contribution in [0.2, 0.25) is 0 Å². The van der Waals surface area contributed by atoms with Gasteiger partial charge in [-0.1, -0.05) is 46.3 Å². The van der Waals surface area contributed by atoms with Gasteiger partial charge in [0.15, 0.2) is 0 Å². The first kappa shape index (κ1) is 10.2. The molecule has 1 aromatic carbocycles. The number of likely N-dealkylation sites (tertiary alicyclic amines) is 1. The summed E-state index contributed by atoms with van der Waals surface area (Å²) in [5, 5.41) is 1.08. The Morgan fingerprint density at radius 2 is 2.07 bits per heavy atom. The molecule has 0 amide bonds. The second kappa shape index (κ2) is 4.94. The maximum absolute atomic E-state index is 3.52. The minimum atomic E-state index is 0.661. The lowest BCUT2D eigenvalue weighted by atomic mass is 10.1. The van der Waals surface area contributed by atoms with Gasteiger partial charge in [-0.25, -0.2) is 0 Å². The highest BCUT2D eigenvalue weighted by atomic mass is 79.9. The molecule has 0 aliphatic carbocycles. The predicted molar refractivity (Wildman–Crippen MR) is 63.8 cm³/mol. The minimum absolute atomic E-state index is 0.661. The average Bonchev–Trinajstić information content (AvgIpc) is 2.68. The third kappa shape index (κ3) is 2.18. The zero-order valence-corrected chi connectivity index (χ0v) is 9.91. The third-order valence-corrected chi connectivity index (χ3v) is 3.27. The molecule has 0 unspecified atom stereocenters. The molecule has 1 fully saturated rings. The van der Waals surface area contributed by atoms with Gasteiger partial charge >= 0.3 is 0 Å². The number of alkyl halides is 1. The van der Waals surface area contributed by atoms with Crippen molar-refractivity contribution in [1.82, 2.24) is 4.90 Å². The van der Waals surface area contributed by atoms with Gasteiger partial charge in [-0.3, -0.25) is 4.90 Å². The Labute approximate surface area is 94.2 Å². The van der Waals surface area contributed by atoms with Crippen molar-refractivity contribution >= 4 is 15.9 Å². The van der Waals surface area contributed by atoms with Crippen LogP contribution < -0.4 is 0 Å². The van der Waals surface area contributed by atoms with Gasteiger partial charge in [0, 0.05) is 17.9 Å². The van der Waals surface area contributed by atoms with Crippen molar-refractivity contribution in [1.29, 1.82) is 0 Å². The summed E-state index contributed by atoms with van der Waals surface area (Å²) in [6.07, 6.45) is 2.66. The molecule has 0 saturated carbocycles. The van der Waals surface area contributed by atoms with E-state index in [0.29, 0.717) is 6.04 Å². The summed E-state index contributed by atoms with van der Waals surface area (Å²) in [5.74, 6) is 0. The summed E-state index contributed by atoms with van der Waals surface area (Å²) in [6, 6.07) is 11.5. The fourth-order valence-electron chi connectivity index (χ4n) is 2.26. The van der Waals surface area contributed by atoms with Crippen LogP contribution >= 0.6 is 15.9 Å². The maximum atomic E-state index is 3.52. The SMILES string of the molecule is BrCCN1CCC[C@H]1c1ccccc1. The van der Waals surface area contributed by atoms with Gasteiger partial charge in [-0.2, -0.15) is 0 Å². The summed E-state index contributed by atoms with van der Waals surface area (Å²) >= 11 is 3.52. The van der Waals surface area contributed by atoms with Crippen molar-refractivity contribution in [3.8, 4) is 0 Å². The lowest BCUT2D eigenvalue weighted by molar-refractivity contribution is 0.274. The standard InChI is InChI=1S/C12H16BrN/c13-8-10-14-9-4-7-12(14)11-5-2-1-3-6-11/h1-3,5-6,12H,4,7-10H2/t12-/m0/s1. The Balaban J connectivity index is 2.10. The van der Waals surface area contributed by atoms with E-state index in [-0.39, 0.29) is 0 Å². The van der Waals surface area contributed by atoms with Gasteiger partial charge < -0.3 is 0 Å². The maximum Gasteiger partial charge on any atom is 0.0348 e. The van der Waals surface area contributed by atoms with Crippen molar-refractivity contribution in [3.05, 3.63) is 35.9 Å². The molecular weight excluding hydrogens is 238 g/mol. The molecule has 2 heteroatoms. The van der Waals surface area contributed by atoms with E-state index in [2.05, 4.69) is 51.2 Å². The van der Waals surface area contributed by atoms with Crippen LogP contribution in [0.5, 0.6) is 0 Å². The number of hydrogen-bond acceptors (Lipinski definition) is 1. The highest BCUT2D eigenvalue weighted by molar-refractivity contribution is 9.09. The molecule has 2 rings (SSSR count). The Morgan fingerprint density at radius 1 is 1.29 bits per heavy atom. The molecule has 1 atom stereocenters. The molecule has 1 aliphatic heterocycles. The highest BCUT2D eigenvalue weighted by Crippen LogP contribution is 2.31. The zero-order chi connectivity index (χ0) is 9.80. The second-order valence-electron chi connectivity index (χ2n) is 3.79. The minimum Gasteiger partial charge on any atom is -0.296 e. The molecule has 1 aromatic rings. The van der Waals surface area contributed by atoms with Crippen LogP contribution in [0.25, 0.3) is 0 Å². The van der Waals surface area contributed by atoms with Gasteiger partial charge in [-0.05, 0) is 24.9 Å². The second-order valence-corrected chi connectivity index (χ2v) is 4.59. The van der Waals surface area contributed by atoms with Crippen LogP contribution in [0.4, 0.5) is 0 Å². The molecule has 1 aliphatic rings. The van der Waals surface area contributed by atoms with Gasteiger partial charge in [0.2, 0.25) is 0 Å². The molecule has 1 saturated heterocycles. The van der Waals surface area contributed by atoms with Gasteiger partial charge in [-0.15, -0.1) is 0 Å². The van der Waals surface area contributed by atoms with E-state index in [1.165, 1.54) is 31.5 Å². The lowest BCUT2D eigenvalue weighted by Gasteiger charge is -2.23. The largest absolute Gasteiger partial charge is 0.296 e. The van der Waals surface area contributed by atoms with Crippen LogP contribution in [0, 0.1) is 0 Å². The Kier molecular flexibility index (Phi) is 3.60. The van der Waals surface area contributed by atoms with Crippen molar-refractivity contribution in [2.75, 3.05) is 18.4 Å². The van der Waals surface area contributed by atoms with Gasteiger partial charge in [0.25, 0.3) is 0 Å². The monoisotopic (exact) mass is 253 g/mol. The first-order valence-electron chi connectivity index (χ1n) is 5.27. The highest BCUT2D eigenvalue weighted by Gasteiger charge is 2.24. The fourth-order valence-corrected chi connectivity index (χ4v) is 2.71. The molecule has 14 heavy (non-hydrogen) atoms. The van der Waals surface area contributed by atoms with Crippen molar-refractivity contribution in [2.45, 2.75) is 18.9 Å². The predicted octanol–water partition coefficient (Wildman–Crippen LogP) is 3.22. The number of nitrogens with zero attached hydrogens (tertiary/aromatic N) is 1. The van der Waals surface area contributed by atoms with E-state index in [0.717, 1.165) is 5.33 Å². The summed E-state index contributed by atoms with van der Waals surface area (Å²) in [7, 11) is 0. The van der Waals surface area contributed by atoms with Crippen LogP contribution in [-0.4, -0.2) is 23.3 Å². The van der Waals surface area contributed by atoms with Crippen LogP contribution in [0.3, 0.4) is 0 Å². The van der Waals surface area contributed by atoms with E-state index in [1.807, 2.05) is 0 Å². The molecule has 0 spiro atoms. The van der Waals surface area contributed by atoms with Crippen LogP contribution in [-0.2, 0) is 0 Å². The van der Waals surface area contributed by atoms with Gasteiger partial charge in [0.1, 0.15) is 0 Å². The summed E-state index contributed by atoms with van der Waals surface area (Å²) in [6.45, 7) is 2.42. The van der Waals surface area contributed by atoms with Crippen LogP contribution in [0.15, 0.2) is 30.3 Å².